The summed E-state index contributed by atoms with van der Waals surface area (Å²) in [5.74, 6) is 0.846. The number of aromatic amines is 1. The normalized spacial score (nSPS) is 14.9. The molecular weight excluding hydrogens is 525 g/mol. The van der Waals surface area contributed by atoms with Gasteiger partial charge in [0.1, 0.15) is 0 Å². The van der Waals surface area contributed by atoms with E-state index in [-0.39, 0.29) is 40.7 Å². The van der Waals surface area contributed by atoms with Crippen molar-refractivity contribution in [2.45, 2.75) is 31.0 Å². The molecular formula is C25H25Cl2N3O5S. The number of aromatic hydroxyl groups is 1. The molecule has 0 saturated heterocycles. The SMILES string of the molecule is COc1cc2c(cc1OC)C(C)N(C(=O)CSc1nc(O)c(Cc3ccc(Cl)c(Cl)c3)c(=O)[nH]1)CC2. The number of nitrogens with zero attached hydrogens (tertiary/aromatic N) is 2. The minimum atomic E-state index is -0.482. The fraction of sp³-hybridized carbons (Fsp3) is 0.320. The van der Waals surface area contributed by atoms with Gasteiger partial charge >= 0.3 is 0 Å². The second-order valence-corrected chi connectivity index (χ2v) is 10.1. The van der Waals surface area contributed by atoms with Crippen molar-refractivity contribution in [2.24, 2.45) is 0 Å². The number of aromatic nitrogens is 2. The molecule has 0 saturated carbocycles. The van der Waals surface area contributed by atoms with Gasteiger partial charge in [-0.25, -0.2) is 0 Å². The Morgan fingerprint density at radius 2 is 1.92 bits per heavy atom. The Morgan fingerprint density at radius 3 is 2.58 bits per heavy atom. The first-order valence-corrected chi connectivity index (χ1v) is 12.9. The van der Waals surface area contributed by atoms with Gasteiger partial charge in [-0.3, -0.25) is 9.59 Å². The number of carbonyl (C=O) groups is 1. The van der Waals surface area contributed by atoms with Crippen molar-refractivity contribution < 1.29 is 19.4 Å². The molecule has 0 bridgehead atoms. The molecule has 2 heterocycles. The first-order valence-electron chi connectivity index (χ1n) is 11.1. The summed E-state index contributed by atoms with van der Waals surface area (Å²) in [7, 11) is 3.18. The lowest BCUT2D eigenvalue weighted by Gasteiger charge is -2.35. The number of hydrogen-bond acceptors (Lipinski definition) is 7. The van der Waals surface area contributed by atoms with Crippen molar-refractivity contribution in [1.82, 2.24) is 14.9 Å². The maximum atomic E-state index is 13.1. The lowest BCUT2D eigenvalue weighted by atomic mass is 9.93. The molecule has 1 unspecified atom stereocenters. The van der Waals surface area contributed by atoms with E-state index in [4.69, 9.17) is 32.7 Å². The van der Waals surface area contributed by atoms with E-state index in [1.165, 1.54) is 0 Å². The van der Waals surface area contributed by atoms with Crippen LogP contribution < -0.4 is 15.0 Å². The third kappa shape index (κ3) is 5.43. The van der Waals surface area contributed by atoms with E-state index in [1.807, 2.05) is 19.1 Å². The molecule has 4 rings (SSSR count). The number of hydrogen-bond donors (Lipinski definition) is 2. The highest BCUT2D eigenvalue weighted by molar-refractivity contribution is 7.99. The third-order valence-corrected chi connectivity index (χ3v) is 7.77. The average molecular weight is 550 g/mol. The van der Waals surface area contributed by atoms with E-state index in [2.05, 4.69) is 9.97 Å². The number of rotatable bonds is 7. The molecule has 190 valence electrons. The Labute approximate surface area is 222 Å². The molecule has 8 nitrogen and oxygen atoms in total. The second kappa shape index (κ2) is 11.0. The highest BCUT2D eigenvalue weighted by Gasteiger charge is 2.29. The number of amides is 1. The van der Waals surface area contributed by atoms with Crippen LogP contribution in [0.5, 0.6) is 17.4 Å². The van der Waals surface area contributed by atoms with Crippen molar-refractivity contribution in [3.05, 3.63) is 73.0 Å². The number of carbonyl (C=O) groups excluding carboxylic acids is 1. The lowest BCUT2D eigenvalue weighted by molar-refractivity contribution is -0.130. The highest BCUT2D eigenvalue weighted by Crippen LogP contribution is 2.38. The number of H-pyrrole nitrogens is 1. The van der Waals surface area contributed by atoms with Gasteiger partial charge in [0.05, 0.1) is 41.6 Å². The molecule has 3 aromatic rings. The van der Waals surface area contributed by atoms with Gasteiger partial charge in [0.25, 0.3) is 5.56 Å². The van der Waals surface area contributed by atoms with Gasteiger partial charge in [0.2, 0.25) is 11.8 Å². The molecule has 2 aromatic carbocycles. The van der Waals surface area contributed by atoms with E-state index in [9.17, 15) is 14.7 Å². The molecule has 0 radical (unpaired) electrons. The first kappa shape index (κ1) is 26.2. The third-order valence-electron chi connectivity index (χ3n) is 6.17. The number of thioether (sulfide) groups is 1. The van der Waals surface area contributed by atoms with Crippen LogP contribution in [0.2, 0.25) is 10.0 Å². The van der Waals surface area contributed by atoms with Gasteiger partial charge in [0.15, 0.2) is 16.7 Å². The zero-order chi connectivity index (χ0) is 26.0. The van der Waals surface area contributed by atoms with Gasteiger partial charge in [-0.05, 0) is 54.3 Å². The fourth-order valence-corrected chi connectivity index (χ4v) is 5.31. The zero-order valence-electron chi connectivity index (χ0n) is 19.9. The summed E-state index contributed by atoms with van der Waals surface area (Å²) in [6.07, 6.45) is 0.823. The van der Waals surface area contributed by atoms with Crippen molar-refractivity contribution in [3.63, 3.8) is 0 Å². The molecule has 0 spiro atoms. The molecule has 0 aliphatic carbocycles. The van der Waals surface area contributed by atoms with E-state index in [0.717, 1.165) is 22.9 Å². The summed E-state index contributed by atoms with van der Waals surface area (Å²) >= 11 is 13.0. The minimum absolute atomic E-state index is 0.0570. The van der Waals surface area contributed by atoms with E-state index in [0.29, 0.717) is 40.1 Å². The maximum absolute atomic E-state index is 13.1. The number of nitrogens with one attached hydrogen (secondary N) is 1. The average Bonchev–Trinajstić information content (AvgIpc) is 2.86. The summed E-state index contributed by atoms with van der Waals surface area (Å²) in [5, 5.41) is 11.3. The number of ether oxygens (including phenoxy) is 2. The maximum Gasteiger partial charge on any atom is 0.258 e. The van der Waals surface area contributed by atoms with Crippen LogP contribution in [-0.2, 0) is 17.6 Å². The summed E-state index contributed by atoms with van der Waals surface area (Å²) in [4.78, 5) is 34.2. The van der Waals surface area contributed by atoms with E-state index < -0.39 is 5.56 Å². The summed E-state index contributed by atoms with van der Waals surface area (Å²) < 4.78 is 10.8. The molecule has 1 aliphatic heterocycles. The number of fused-ring (bicyclic) bond motifs is 1. The Morgan fingerprint density at radius 1 is 1.19 bits per heavy atom. The zero-order valence-corrected chi connectivity index (χ0v) is 22.3. The lowest BCUT2D eigenvalue weighted by Crippen LogP contribution is -2.40. The fourth-order valence-electron chi connectivity index (χ4n) is 4.25. The second-order valence-electron chi connectivity index (χ2n) is 8.31. The molecule has 1 aromatic heterocycles. The van der Waals surface area contributed by atoms with Crippen LogP contribution >= 0.6 is 35.0 Å². The number of benzene rings is 2. The number of halogens is 2. The Hall–Kier alpha value is -2.88. The van der Waals surface area contributed by atoms with Gasteiger partial charge in [-0.15, -0.1) is 0 Å². The Kier molecular flexibility index (Phi) is 8.02. The molecule has 36 heavy (non-hydrogen) atoms. The predicted molar refractivity (Wildman–Crippen MR) is 140 cm³/mol. The molecule has 1 atom stereocenters. The van der Waals surface area contributed by atoms with Gasteiger partial charge in [-0.2, -0.15) is 4.98 Å². The molecule has 1 amide bonds. The smallest absolute Gasteiger partial charge is 0.258 e. The van der Waals surface area contributed by atoms with Gasteiger partial charge in [0, 0.05) is 13.0 Å². The van der Waals surface area contributed by atoms with Crippen molar-refractivity contribution >= 4 is 40.9 Å². The number of methoxy groups -OCH3 is 2. The summed E-state index contributed by atoms with van der Waals surface area (Å²) in [5.41, 5.74) is 2.45. The monoisotopic (exact) mass is 549 g/mol. The standard InChI is InChI=1S/C25H25Cl2N3O5S/c1-13-16-11-21(35-3)20(34-2)10-15(16)6-7-30(13)22(31)12-36-25-28-23(32)17(24(33)29-25)8-14-4-5-18(26)19(27)9-14/h4-5,9-11,13H,6-8,12H2,1-3H3,(H2,28,29,32,33). The molecule has 2 N–H and O–H groups in total. The molecule has 11 heteroatoms. The van der Waals surface area contributed by atoms with Crippen LogP contribution in [0.3, 0.4) is 0 Å². The summed E-state index contributed by atoms with van der Waals surface area (Å²) in [6, 6.07) is 8.69. The molecule has 0 fully saturated rings. The van der Waals surface area contributed by atoms with E-state index >= 15 is 0 Å². The Bertz CT molecular complexity index is 1360. The first-order chi connectivity index (χ1) is 17.2. The minimum Gasteiger partial charge on any atom is -0.493 e. The topological polar surface area (TPSA) is 105 Å². The molecule has 1 aliphatic rings. The van der Waals surface area contributed by atoms with Gasteiger partial charge in [-0.1, -0.05) is 41.0 Å². The highest BCUT2D eigenvalue weighted by atomic mass is 35.5. The predicted octanol–water partition coefficient (Wildman–Crippen LogP) is 4.63. The van der Waals surface area contributed by atoms with Crippen LogP contribution in [-0.4, -0.2) is 52.4 Å². The van der Waals surface area contributed by atoms with Crippen LogP contribution in [0.25, 0.3) is 0 Å². The van der Waals surface area contributed by atoms with Crippen LogP contribution in [0.15, 0.2) is 40.3 Å². The largest absolute Gasteiger partial charge is 0.493 e. The summed E-state index contributed by atoms with van der Waals surface area (Å²) in [6.45, 7) is 2.52. The van der Waals surface area contributed by atoms with Crippen molar-refractivity contribution in [3.8, 4) is 17.4 Å². The van der Waals surface area contributed by atoms with Gasteiger partial charge < -0.3 is 24.5 Å². The van der Waals surface area contributed by atoms with Crippen LogP contribution in [0.1, 0.15) is 35.2 Å². The quantitative estimate of drug-likeness (QED) is 0.327. The van der Waals surface area contributed by atoms with Crippen molar-refractivity contribution in [2.75, 3.05) is 26.5 Å². The van der Waals surface area contributed by atoms with Crippen molar-refractivity contribution in [1.29, 1.82) is 0 Å². The van der Waals surface area contributed by atoms with Crippen LogP contribution in [0, 0.1) is 0 Å². The van der Waals surface area contributed by atoms with E-state index in [1.54, 1.807) is 37.3 Å². The Balaban J connectivity index is 1.44. The van der Waals surface area contributed by atoms with Crippen LogP contribution in [0.4, 0.5) is 0 Å².